The minimum absolute atomic E-state index is 0.114. The van der Waals surface area contributed by atoms with Crippen LogP contribution in [0.2, 0.25) is 0 Å². The van der Waals surface area contributed by atoms with Crippen LogP contribution < -0.4 is 20.7 Å². The van der Waals surface area contributed by atoms with Crippen molar-refractivity contribution in [2.75, 3.05) is 12.4 Å². The van der Waals surface area contributed by atoms with E-state index in [2.05, 4.69) is 9.71 Å². The lowest BCUT2D eigenvalue weighted by atomic mass is 10.0. The molecule has 164 valence electrons. The Labute approximate surface area is 176 Å². The molecule has 1 atom stereocenters. The lowest BCUT2D eigenvalue weighted by Crippen LogP contribution is -2.32. The summed E-state index contributed by atoms with van der Waals surface area (Å²) in [6.07, 6.45) is 5.54. The van der Waals surface area contributed by atoms with Crippen molar-refractivity contribution in [1.29, 1.82) is 0 Å². The van der Waals surface area contributed by atoms with Gasteiger partial charge < -0.3 is 9.30 Å². The van der Waals surface area contributed by atoms with Crippen LogP contribution in [0.5, 0.6) is 5.75 Å². The van der Waals surface area contributed by atoms with E-state index in [0.717, 1.165) is 17.7 Å². The Bertz CT molecular complexity index is 1060. The molecule has 0 saturated heterocycles. The van der Waals surface area contributed by atoms with Gasteiger partial charge in [0.2, 0.25) is 10.0 Å². The number of nitrogens with zero attached hydrogens (tertiary/aromatic N) is 1. The molecule has 1 heterocycles. The van der Waals surface area contributed by atoms with Gasteiger partial charge in [0.05, 0.1) is 12.4 Å². The summed E-state index contributed by atoms with van der Waals surface area (Å²) in [6.45, 7) is 2.93. The van der Waals surface area contributed by atoms with Crippen molar-refractivity contribution < 1.29 is 13.2 Å². The highest BCUT2D eigenvalue weighted by Crippen LogP contribution is 2.30. The molecule has 0 spiro atoms. The molecule has 3 rings (SSSR count). The fourth-order valence-corrected chi connectivity index (χ4v) is 4.54. The van der Waals surface area contributed by atoms with Gasteiger partial charge in [-0.05, 0) is 49.3 Å². The van der Waals surface area contributed by atoms with E-state index in [9.17, 15) is 18.0 Å². The molecule has 8 nitrogen and oxygen atoms in total. The molecule has 0 amide bonds. The molecule has 30 heavy (non-hydrogen) atoms. The molecule has 1 aliphatic rings. The molecule has 2 N–H and O–H groups in total. The second-order valence-corrected chi connectivity index (χ2v) is 9.64. The van der Waals surface area contributed by atoms with Crippen LogP contribution in [0.1, 0.15) is 50.6 Å². The predicted octanol–water partition coefficient (Wildman–Crippen LogP) is 2.18. The number of aromatic nitrogens is 2. The van der Waals surface area contributed by atoms with Gasteiger partial charge in [0.15, 0.2) is 0 Å². The number of hydrogen-bond acceptors (Lipinski definition) is 5. The number of H-pyrrole nitrogens is 1. The summed E-state index contributed by atoms with van der Waals surface area (Å²) in [6, 6.07) is 8.50. The number of nitrogens with one attached hydrogen (secondary N) is 2. The fourth-order valence-electron chi connectivity index (χ4n) is 3.22. The molecule has 0 radical (unpaired) electrons. The van der Waals surface area contributed by atoms with E-state index in [-0.39, 0.29) is 24.8 Å². The highest BCUT2D eigenvalue weighted by molar-refractivity contribution is 7.89. The lowest BCUT2D eigenvalue weighted by Gasteiger charge is -2.19. The number of benzene rings is 1. The first-order valence-electron chi connectivity index (χ1n) is 10.4. The summed E-state index contributed by atoms with van der Waals surface area (Å²) in [7, 11) is -3.55. The number of rotatable bonds is 12. The SMILES string of the molecule is CCC[C@@H](NS(=O)(=O)CCCn1ccc(=O)[nH]c1=O)c1cccc(OCC2CC2)c1. The van der Waals surface area contributed by atoms with E-state index in [1.165, 1.54) is 29.7 Å². The predicted molar refractivity (Wildman–Crippen MR) is 115 cm³/mol. The van der Waals surface area contributed by atoms with Gasteiger partial charge in [-0.25, -0.2) is 17.9 Å². The molecule has 1 fully saturated rings. The van der Waals surface area contributed by atoms with Crippen LogP contribution >= 0.6 is 0 Å². The maximum Gasteiger partial charge on any atom is 0.328 e. The molecule has 2 aromatic rings. The average molecular weight is 436 g/mol. The van der Waals surface area contributed by atoms with Gasteiger partial charge in [-0.3, -0.25) is 9.78 Å². The Balaban J connectivity index is 1.60. The first kappa shape index (κ1) is 22.3. The first-order valence-corrected chi connectivity index (χ1v) is 12.0. The molecule has 0 bridgehead atoms. The van der Waals surface area contributed by atoms with Gasteiger partial charge in [-0.2, -0.15) is 0 Å². The Morgan fingerprint density at radius 3 is 2.77 bits per heavy atom. The van der Waals surface area contributed by atoms with Gasteiger partial charge in [0.25, 0.3) is 5.56 Å². The minimum atomic E-state index is -3.55. The molecule has 1 aromatic heterocycles. The normalized spacial score (nSPS) is 15.1. The van der Waals surface area contributed by atoms with Crippen LogP contribution in [0, 0.1) is 5.92 Å². The summed E-state index contributed by atoms with van der Waals surface area (Å²) in [4.78, 5) is 25.0. The second-order valence-electron chi connectivity index (χ2n) is 7.76. The van der Waals surface area contributed by atoms with Crippen LogP contribution in [0.3, 0.4) is 0 Å². The van der Waals surface area contributed by atoms with Gasteiger partial charge in [0.1, 0.15) is 5.75 Å². The molecule has 1 saturated carbocycles. The summed E-state index contributed by atoms with van der Waals surface area (Å²) in [5.41, 5.74) is -0.137. The zero-order valence-electron chi connectivity index (χ0n) is 17.2. The molecule has 0 unspecified atom stereocenters. The van der Waals surface area contributed by atoms with Crippen molar-refractivity contribution in [3.05, 3.63) is 62.9 Å². The second kappa shape index (κ2) is 10.1. The molecule has 1 aliphatic carbocycles. The Morgan fingerprint density at radius 2 is 2.07 bits per heavy atom. The Morgan fingerprint density at radius 1 is 1.27 bits per heavy atom. The van der Waals surface area contributed by atoms with E-state index in [4.69, 9.17) is 4.74 Å². The minimum Gasteiger partial charge on any atom is -0.493 e. The molecule has 0 aliphatic heterocycles. The van der Waals surface area contributed by atoms with Crippen molar-refractivity contribution in [2.45, 2.75) is 51.6 Å². The average Bonchev–Trinajstić information content (AvgIpc) is 3.52. The standard InChI is InChI=1S/C21H29N3O5S/c1-2-5-19(17-6-3-7-18(14-17)29-15-16-8-9-16)23-30(27,28)13-4-11-24-12-10-20(25)22-21(24)26/h3,6-7,10,12,14,16,19,23H,2,4-5,8-9,11,13,15H2,1H3,(H,22,25,26)/t19-/m1/s1. The van der Waals surface area contributed by atoms with E-state index >= 15 is 0 Å². The van der Waals surface area contributed by atoms with E-state index < -0.39 is 21.3 Å². The largest absolute Gasteiger partial charge is 0.493 e. The third-order valence-electron chi connectivity index (χ3n) is 5.05. The summed E-state index contributed by atoms with van der Waals surface area (Å²) in [5.74, 6) is 1.29. The van der Waals surface area contributed by atoms with Crippen LogP contribution in [0.4, 0.5) is 0 Å². The summed E-state index contributed by atoms with van der Waals surface area (Å²) < 4.78 is 35.2. The number of aryl methyl sites for hydroxylation is 1. The summed E-state index contributed by atoms with van der Waals surface area (Å²) >= 11 is 0. The smallest absolute Gasteiger partial charge is 0.328 e. The number of aromatic amines is 1. The van der Waals surface area contributed by atoms with Crippen LogP contribution in [0.15, 0.2) is 46.1 Å². The fraction of sp³-hybridized carbons (Fsp3) is 0.524. The Kier molecular flexibility index (Phi) is 7.49. The van der Waals surface area contributed by atoms with Crippen molar-refractivity contribution in [1.82, 2.24) is 14.3 Å². The van der Waals surface area contributed by atoms with Crippen molar-refractivity contribution in [3.63, 3.8) is 0 Å². The van der Waals surface area contributed by atoms with Gasteiger partial charge in [0, 0.05) is 24.8 Å². The third-order valence-corrected chi connectivity index (χ3v) is 6.52. The molecular weight excluding hydrogens is 406 g/mol. The number of ether oxygens (including phenoxy) is 1. The maximum atomic E-state index is 12.6. The molecule has 1 aromatic carbocycles. The monoisotopic (exact) mass is 435 g/mol. The highest BCUT2D eigenvalue weighted by Gasteiger charge is 2.23. The zero-order chi connectivity index (χ0) is 21.6. The summed E-state index contributed by atoms with van der Waals surface area (Å²) in [5, 5.41) is 0. The van der Waals surface area contributed by atoms with Crippen molar-refractivity contribution in [3.8, 4) is 5.75 Å². The van der Waals surface area contributed by atoms with Gasteiger partial charge in [-0.1, -0.05) is 25.5 Å². The zero-order valence-corrected chi connectivity index (χ0v) is 18.0. The van der Waals surface area contributed by atoms with Crippen LogP contribution in [0.25, 0.3) is 0 Å². The Hall–Kier alpha value is -2.39. The lowest BCUT2D eigenvalue weighted by molar-refractivity contribution is 0.299. The number of sulfonamides is 1. The topological polar surface area (TPSA) is 110 Å². The molecular formula is C21H29N3O5S. The van der Waals surface area contributed by atoms with E-state index in [0.29, 0.717) is 18.9 Å². The van der Waals surface area contributed by atoms with Crippen molar-refractivity contribution >= 4 is 10.0 Å². The third kappa shape index (κ3) is 6.84. The van der Waals surface area contributed by atoms with Crippen LogP contribution in [-0.2, 0) is 16.6 Å². The van der Waals surface area contributed by atoms with E-state index in [1.807, 2.05) is 31.2 Å². The molecule has 9 heteroatoms. The van der Waals surface area contributed by atoms with Gasteiger partial charge in [-0.15, -0.1) is 0 Å². The van der Waals surface area contributed by atoms with Crippen LogP contribution in [-0.4, -0.2) is 30.3 Å². The van der Waals surface area contributed by atoms with Gasteiger partial charge >= 0.3 is 5.69 Å². The first-order chi connectivity index (χ1) is 14.4. The highest BCUT2D eigenvalue weighted by atomic mass is 32.2. The maximum absolute atomic E-state index is 12.6. The van der Waals surface area contributed by atoms with Crippen molar-refractivity contribution in [2.24, 2.45) is 5.92 Å². The number of hydrogen-bond donors (Lipinski definition) is 2. The van der Waals surface area contributed by atoms with E-state index in [1.54, 1.807) is 0 Å². The quantitative estimate of drug-likeness (QED) is 0.531.